The molecule has 0 aliphatic heterocycles. The van der Waals surface area contributed by atoms with Crippen molar-refractivity contribution >= 4 is 6.29 Å². The van der Waals surface area contributed by atoms with Gasteiger partial charge in [-0.1, -0.05) is 13.8 Å². The highest BCUT2D eigenvalue weighted by Crippen LogP contribution is 2.20. The van der Waals surface area contributed by atoms with Crippen LogP contribution in [-0.4, -0.2) is 12.4 Å². The SMILES string of the molecule is CCC(CC)Oc1ccc(F)cc1C=O. The predicted molar refractivity (Wildman–Crippen MR) is 56.8 cm³/mol. The molecule has 0 N–H and O–H groups in total. The number of benzene rings is 1. The number of hydrogen-bond donors (Lipinski definition) is 0. The average molecular weight is 210 g/mol. The van der Waals surface area contributed by atoms with Crippen molar-refractivity contribution in [2.75, 3.05) is 0 Å². The van der Waals surface area contributed by atoms with E-state index in [4.69, 9.17) is 4.74 Å². The molecule has 0 radical (unpaired) electrons. The van der Waals surface area contributed by atoms with Gasteiger partial charge in [0.2, 0.25) is 0 Å². The smallest absolute Gasteiger partial charge is 0.153 e. The number of rotatable bonds is 5. The molecule has 0 saturated heterocycles. The first-order chi connectivity index (χ1) is 7.21. The summed E-state index contributed by atoms with van der Waals surface area (Å²) < 4.78 is 18.4. The predicted octanol–water partition coefficient (Wildman–Crippen LogP) is 3.21. The number of hydrogen-bond acceptors (Lipinski definition) is 2. The second-order valence-electron chi connectivity index (χ2n) is 3.36. The molecule has 0 atom stereocenters. The summed E-state index contributed by atoms with van der Waals surface area (Å²) in [6, 6.07) is 3.98. The van der Waals surface area contributed by atoms with Crippen LogP contribution >= 0.6 is 0 Å². The first-order valence-electron chi connectivity index (χ1n) is 5.12. The van der Waals surface area contributed by atoms with Gasteiger partial charge in [0.15, 0.2) is 6.29 Å². The molecule has 1 aromatic rings. The highest BCUT2D eigenvalue weighted by atomic mass is 19.1. The Bertz CT molecular complexity index is 332. The Morgan fingerprint density at radius 2 is 2.07 bits per heavy atom. The molecule has 1 rings (SSSR count). The van der Waals surface area contributed by atoms with Crippen LogP contribution in [0.1, 0.15) is 37.0 Å². The number of halogens is 1. The van der Waals surface area contributed by atoms with Crippen LogP contribution in [0.25, 0.3) is 0 Å². The Kier molecular flexibility index (Phi) is 4.28. The molecule has 82 valence electrons. The van der Waals surface area contributed by atoms with E-state index in [9.17, 15) is 9.18 Å². The van der Waals surface area contributed by atoms with E-state index in [0.717, 1.165) is 12.8 Å². The monoisotopic (exact) mass is 210 g/mol. The maximum absolute atomic E-state index is 12.8. The zero-order valence-electron chi connectivity index (χ0n) is 9.00. The molecule has 0 spiro atoms. The van der Waals surface area contributed by atoms with Crippen LogP contribution in [0.5, 0.6) is 5.75 Å². The summed E-state index contributed by atoms with van der Waals surface area (Å²) in [5, 5.41) is 0. The van der Waals surface area contributed by atoms with Gasteiger partial charge >= 0.3 is 0 Å². The van der Waals surface area contributed by atoms with E-state index in [1.165, 1.54) is 18.2 Å². The molecule has 3 heteroatoms. The molecule has 0 bridgehead atoms. The normalized spacial score (nSPS) is 10.4. The van der Waals surface area contributed by atoms with Crippen molar-refractivity contribution in [1.82, 2.24) is 0 Å². The van der Waals surface area contributed by atoms with Crippen LogP contribution in [0.2, 0.25) is 0 Å². The van der Waals surface area contributed by atoms with Crippen molar-refractivity contribution in [1.29, 1.82) is 0 Å². The summed E-state index contributed by atoms with van der Waals surface area (Å²) in [6.07, 6.45) is 2.42. The van der Waals surface area contributed by atoms with Gasteiger partial charge in [-0.05, 0) is 31.0 Å². The number of carbonyl (C=O) groups excluding carboxylic acids is 1. The highest BCUT2D eigenvalue weighted by Gasteiger charge is 2.09. The second-order valence-corrected chi connectivity index (χ2v) is 3.36. The lowest BCUT2D eigenvalue weighted by Gasteiger charge is -2.16. The third kappa shape index (κ3) is 3.05. The van der Waals surface area contributed by atoms with Crippen molar-refractivity contribution in [2.45, 2.75) is 32.8 Å². The molecule has 0 aromatic heterocycles. The Balaban J connectivity index is 2.88. The van der Waals surface area contributed by atoms with E-state index in [-0.39, 0.29) is 11.7 Å². The number of carbonyl (C=O) groups is 1. The van der Waals surface area contributed by atoms with E-state index in [1.54, 1.807) is 0 Å². The van der Waals surface area contributed by atoms with Gasteiger partial charge in [0.1, 0.15) is 11.6 Å². The van der Waals surface area contributed by atoms with Crippen molar-refractivity contribution in [3.05, 3.63) is 29.6 Å². The van der Waals surface area contributed by atoms with Crippen LogP contribution in [-0.2, 0) is 0 Å². The maximum Gasteiger partial charge on any atom is 0.153 e. The topological polar surface area (TPSA) is 26.3 Å². The molecule has 0 unspecified atom stereocenters. The largest absolute Gasteiger partial charge is 0.490 e. The summed E-state index contributed by atoms with van der Waals surface area (Å²) in [5.74, 6) is 0.0362. The van der Waals surface area contributed by atoms with Crippen LogP contribution in [0, 0.1) is 5.82 Å². The Hall–Kier alpha value is -1.38. The van der Waals surface area contributed by atoms with Gasteiger partial charge in [-0.2, -0.15) is 0 Å². The molecule has 0 amide bonds. The van der Waals surface area contributed by atoms with E-state index in [1.807, 2.05) is 13.8 Å². The Morgan fingerprint density at radius 3 is 2.60 bits per heavy atom. The van der Waals surface area contributed by atoms with Crippen LogP contribution < -0.4 is 4.74 Å². The zero-order chi connectivity index (χ0) is 11.3. The Labute approximate surface area is 89.1 Å². The van der Waals surface area contributed by atoms with Gasteiger partial charge in [-0.25, -0.2) is 4.39 Å². The van der Waals surface area contributed by atoms with Crippen molar-refractivity contribution in [3.63, 3.8) is 0 Å². The lowest BCUT2D eigenvalue weighted by atomic mass is 10.2. The average Bonchev–Trinajstić information content (AvgIpc) is 2.27. The minimum absolute atomic E-state index is 0.0779. The molecule has 15 heavy (non-hydrogen) atoms. The zero-order valence-corrected chi connectivity index (χ0v) is 9.00. The molecule has 1 aromatic carbocycles. The third-order valence-electron chi connectivity index (χ3n) is 2.30. The van der Waals surface area contributed by atoms with Gasteiger partial charge < -0.3 is 4.74 Å². The molecule has 0 aliphatic rings. The molecular formula is C12H15FO2. The number of aldehydes is 1. The van der Waals surface area contributed by atoms with Crippen LogP contribution in [0.15, 0.2) is 18.2 Å². The fraction of sp³-hybridized carbons (Fsp3) is 0.417. The van der Waals surface area contributed by atoms with Crippen molar-refractivity contribution < 1.29 is 13.9 Å². The minimum Gasteiger partial charge on any atom is -0.490 e. The van der Waals surface area contributed by atoms with Crippen LogP contribution in [0.3, 0.4) is 0 Å². The van der Waals surface area contributed by atoms with Crippen molar-refractivity contribution in [2.24, 2.45) is 0 Å². The standard InChI is InChI=1S/C12H15FO2/c1-3-11(4-2)15-12-6-5-10(13)7-9(12)8-14/h5-8,11H,3-4H2,1-2H3. The van der Waals surface area contributed by atoms with Gasteiger partial charge in [-0.3, -0.25) is 4.79 Å². The quantitative estimate of drug-likeness (QED) is 0.697. The number of ether oxygens (including phenoxy) is 1. The first-order valence-corrected chi connectivity index (χ1v) is 5.12. The molecule has 0 saturated carbocycles. The lowest BCUT2D eigenvalue weighted by molar-refractivity contribution is 0.111. The van der Waals surface area contributed by atoms with E-state index in [2.05, 4.69) is 0 Å². The fourth-order valence-electron chi connectivity index (χ4n) is 1.35. The highest BCUT2D eigenvalue weighted by molar-refractivity contribution is 5.79. The second kappa shape index (κ2) is 5.49. The maximum atomic E-state index is 12.8. The summed E-state index contributed by atoms with van der Waals surface area (Å²) in [6.45, 7) is 4.02. The summed E-state index contributed by atoms with van der Waals surface area (Å²) >= 11 is 0. The fourth-order valence-corrected chi connectivity index (χ4v) is 1.35. The van der Waals surface area contributed by atoms with Gasteiger partial charge in [0.05, 0.1) is 11.7 Å². The molecule has 0 fully saturated rings. The van der Waals surface area contributed by atoms with Gasteiger partial charge in [0, 0.05) is 0 Å². The minimum atomic E-state index is -0.422. The molecule has 2 nitrogen and oxygen atoms in total. The first kappa shape index (κ1) is 11.7. The summed E-state index contributed by atoms with van der Waals surface area (Å²) in [4.78, 5) is 10.7. The molecule has 0 heterocycles. The lowest BCUT2D eigenvalue weighted by Crippen LogP contribution is -2.14. The Morgan fingerprint density at radius 1 is 1.40 bits per heavy atom. The molecule has 0 aliphatic carbocycles. The molecular weight excluding hydrogens is 195 g/mol. The summed E-state index contributed by atoms with van der Waals surface area (Å²) in [7, 11) is 0. The van der Waals surface area contributed by atoms with Gasteiger partial charge in [-0.15, -0.1) is 0 Å². The van der Waals surface area contributed by atoms with E-state index in [0.29, 0.717) is 12.0 Å². The third-order valence-corrected chi connectivity index (χ3v) is 2.30. The van der Waals surface area contributed by atoms with Crippen LogP contribution in [0.4, 0.5) is 4.39 Å². The summed E-state index contributed by atoms with van der Waals surface area (Å²) in [5.41, 5.74) is 0.266. The van der Waals surface area contributed by atoms with Crippen molar-refractivity contribution in [3.8, 4) is 5.75 Å². The van der Waals surface area contributed by atoms with E-state index >= 15 is 0 Å². The van der Waals surface area contributed by atoms with E-state index < -0.39 is 5.82 Å². The van der Waals surface area contributed by atoms with Gasteiger partial charge in [0.25, 0.3) is 0 Å².